The van der Waals surface area contributed by atoms with Crippen molar-refractivity contribution in [3.05, 3.63) is 29.5 Å². The first-order valence-corrected chi connectivity index (χ1v) is 4.34. The topological polar surface area (TPSA) is 41.8 Å². The molecule has 0 bridgehead atoms. The largest absolute Gasteiger partial charge is 0.416 e. The summed E-state index contributed by atoms with van der Waals surface area (Å²) in [6, 6.07) is 3.68. The standard InChI is InChI=1S/C10H9F3N2/c1-5-2-6-3-7(10(11,12)13)4-8(14)9(6)15-5/h2-4,15H,14H2,1H3. The van der Waals surface area contributed by atoms with Crippen LogP contribution in [0.5, 0.6) is 0 Å². The Balaban J connectivity index is 2.72. The maximum atomic E-state index is 12.4. The summed E-state index contributed by atoms with van der Waals surface area (Å²) in [4.78, 5) is 2.91. The van der Waals surface area contributed by atoms with Gasteiger partial charge in [0.2, 0.25) is 0 Å². The van der Waals surface area contributed by atoms with Gasteiger partial charge in [0.15, 0.2) is 0 Å². The van der Waals surface area contributed by atoms with Crippen molar-refractivity contribution in [2.75, 3.05) is 5.73 Å². The van der Waals surface area contributed by atoms with Crippen LogP contribution in [0.15, 0.2) is 18.2 Å². The Labute approximate surface area is 83.9 Å². The molecule has 1 heterocycles. The predicted molar refractivity (Wildman–Crippen MR) is 52.5 cm³/mol. The van der Waals surface area contributed by atoms with Crippen LogP contribution in [0, 0.1) is 6.92 Å². The van der Waals surface area contributed by atoms with Crippen LogP contribution in [0.3, 0.4) is 0 Å². The number of nitrogens with two attached hydrogens (primary N) is 1. The second kappa shape index (κ2) is 2.92. The van der Waals surface area contributed by atoms with E-state index in [0.29, 0.717) is 10.9 Å². The molecule has 2 aromatic rings. The molecule has 2 nitrogen and oxygen atoms in total. The molecule has 5 heteroatoms. The number of halogens is 3. The lowest BCUT2D eigenvalue weighted by Gasteiger charge is -2.07. The van der Waals surface area contributed by atoms with Crippen LogP contribution >= 0.6 is 0 Å². The van der Waals surface area contributed by atoms with Gasteiger partial charge in [-0.25, -0.2) is 0 Å². The minimum Gasteiger partial charge on any atom is -0.397 e. The molecule has 0 aliphatic rings. The molecule has 0 spiro atoms. The van der Waals surface area contributed by atoms with Crippen molar-refractivity contribution in [3.8, 4) is 0 Å². The van der Waals surface area contributed by atoms with E-state index < -0.39 is 11.7 Å². The Bertz CT molecular complexity index is 511. The Morgan fingerprint density at radius 2 is 1.87 bits per heavy atom. The predicted octanol–water partition coefficient (Wildman–Crippen LogP) is 3.08. The summed E-state index contributed by atoms with van der Waals surface area (Å²) < 4.78 is 37.3. The fourth-order valence-corrected chi connectivity index (χ4v) is 1.58. The van der Waals surface area contributed by atoms with Gasteiger partial charge in [-0.3, -0.25) is 0 Å². The van der Waals surface area contributed by atoms with E-state index in [2.05, 4.69) is 4.98 Å². The molecular formula is C10H9F3N2. The lowest BCUT2D eigenvalue weighted by atomic mass is 10.1. The van der Waals surface area contributed by atoms with E-state index in [-0.39, 0.29) is 5.69 Å². The Hall–Kier alpha value is -1.65. The number of aromatic amines is 1. The second-order valence-electron chi connectivity index (χ2n) is 3.48. The van der Waals surface area contributed by atoms with Crippen molar-refractivity contribution in [1.29, 1.82) is 0 Å². The third kappa shape index (κ3) is 1.65. The number of alkyl halides is 3. The third-order valence-corrected chi connectivity index (χ3v) is 2.22. The average Bonchev–Trinajstić information content (AvgIpc) is 2.44. The van der Waals surface area contributed by atoms with E-state index in [1.165, 1.54) is 0 Å². The van der Waals surface area contributed by atoms with Gasteiger partial charge in [0, 0.05) is 11.1 Å². The Morgan fingerprint density at radius 3 is 2.47 bits per heavy atom. The van der Waals surface area contributed by atoms with E-state index >= 15 is 0 Å². The molecular weight excluding hydrogens is 205 g/mol. The Kier molecular flexibility index (Phi) is 1.92. The molecule has 0 saturated carbocycles. The zero-order valence-corrected chi connectivity index (χ0v) is 7.94. The van der Waals surface area contributed by atoms with E-state index in [4.69, 9.17) is 5.73 Å². The lowest BCUT2D eigenvalue weighted by molar-refractivity contribution is -0.137. The van der Waals surface area contributed by atoms with Crippen LogP contribution in [0.2, 0.25) is 0 Å². The first-order valence-electron chi connectivity index (χ1n) is 4.34. The van der Waals surface area contributed by atoms with Gasteiger partial charge in [0.1, 0.15) is 0 Å². The number of benzene rings is 1. The first kappa shape index (κ1) is 9.89. The minimum atomic E-state index is -4.35. The van der Waals surface area contributed by atoms with Gasteiger partial charge >= 0.3 is 6.18 Å². The summed E-state index contributed by atoms with van der Waals surface area (Å²) in [5, 5.41) is 0.486. The molecule has 0 radical (unpaired) electrons. The summed E-state index contributed by atoms with van der Waals surface area (Å²) in [5.41, 5.74) is 6.28. The molecule has 0 aliphatic carbocycles. The van der Waals surface area contributed by atoms with Crippen molar-refractivity contribution < 1.29 is 13.2 Å². The zero-order valence-electron chi connectivity index (χ0n) is 7.94. The molecule has 0 amide bonds. The first-order chi connectivity index (χ1) is 6.88. The summed E-state index contributed by atoms with van der Waals surface area (Å²) in [6.45, 7) is 1.77. The summed E-state index contributed by atoms with van der Waals surface area (Å²) >= 11 is 0. The number of aromatic nitrogens is 1. The number of anilines is 1. The number of hydrogen-bond donors (Lipinski definition) is 2. The molecule has 1 aromatic heterocycles. The van der Waals surface area contributed by atoms with E-state index in [0.717, 1.165) is 17.8 Å². The maximum Gasteiger partial charge on any atom is 0.416 e. The maximum absolute atomic E-state index is 12.4. The molecule has 0 aliphatic heterocycles. The van der Waals surface area contributed by atoms with E-state index in [1.807, 2.05) is 0 Å². The summed E-state index contributed by atoms with van der Waals surface area (Å²) in [6.07, 6.45) is -4.35. The molecule has 80 valence electrons. The highest BCUT2D eigenvalue weighted by molar-refractivity contribution is 5.91. The van der Waals surface area contributed by atoms with Crippen LogP contribution in [-0.4, -0.2) is 4.98 Å². The number of nitrogens with one attached hydrogen (secondary N) is 1. The third-order valence-electron chi connectivity index (χ3n) is 2.22. The smallest absolute Gasteiger partial charge is 0.397 e. The molecule has 2 rings (SSSR count). The fraction of sp³-hybridized carbons (Fsp3) is 0.200. The van der Waals surface area contributed by atoms with Crippen molar-refractivity contribution in [2.24, 2.45) is 0 Å². The van der Waals surface area contributed by atoms with Gasteiger partial charge in [-0.2, -0.15) is 13.2 Å². The van der Waals surface area contributed by atoms with Crippen molar-refractivity contribution in [2.45, 2.75) is 13.1 Å². The fourth-order valence-electron chi connectivity index (χ4n) is 1.58. The van der Waals surface area contributed by atoms with Gasteiger partial charge < -0.3 is 10.7 Å². The number of fused-ring (bicyclic) bond motifs is 1. The highest BCUT2D eigenvalue weighted by atomic mass is 19.4. The van der Waals surface area contributed by atoms with Crippen LogP contribution < -0.4 is 5.73 Å². The normalized spacial score (nSPS) is 12.3. The van der Waals surface area contributed by atoms with Crippen molar-refractivity contribution in [3.63, 3.8) is 0 Å². The molecule has 0 atom stereocenters. The molecule has 15 heavy (non-hydrogen) atoms. The quantitative estimate of drug-likeness (QED) is 0.650. The van der Waals surface area contributed by atoms with Crippen LogP contribution in [0.25, 0.3) is 10.9 Å². The monoisotopic (exact) mass is 214 g/mol. The number of rotatable bonds is 0. The van der Waals surface area contributed by atoms with Gasteiger partial charge in [-0.15, -0.1) is 0 Å². The molecule has 0 saturated heterocycles. The molecule has 3 N–H and O–H groups in total. The van der Waals surface area contributed by atoms with Crippen molar-refractivity contribution >= 4 is 16.6 Å². The highest BCUT2D eigenvalue weighted by Crippen LogP contribution is 2.34. The molecule has 0 fully saturated rings. The average molecular weight is 214 g/mol. The van der Waals surface area contributed by atoms with Crippen LogP contribution in [-0.2, 0) is 6.18 Å². The Morgan fingerprint density at radius 1 is 1.20 bits per heavy atom. The molecule has 1 aromatic carbocycles. The second-order valence-corrected chi connectivity index (χ2v) is 3.48. The van der Waals surface area contributed by atoms with Gasteiger partial charge in [-0.1, -0.05) is 0 Å². The van der Waals surface area contributed by atoms with Crippen molar-refractivity contribution in [1.82, 2.24) is 4.98 Å². The summed E-state index contributed by atoms with van der Waals surface area (Å²) in [7, 11) is 0. The zero-order chi connectivity index (χ0) is 11.2. The SMILES string of the molecule is Cc1cc2cc(C(F)(F)F)cc(N)c2[nH]1. The van der Waals surface area contributed by atoms with E-state index in [1.54, 1.807) is 13.0 Å². The summed E-state index contributed by atoms with van der Waals surface area (Å²) in [5.74, 6) is 0. The lowest BCUT2D eigenvalue weighted by Crippen LogP contribution is -2.05. The van der Waals surface area contributed by atoms with Crippen LogP contribution in [0.1, 0.15) is 11.3 Å². The number of hydrogen-bond acceptors (Lipinski definition) is 1. The minimum absolute atomic E-state index is 0.118. The van der Waals surface area contributed by atoms with Crippen LogP contribution in [0.4, 0.5) is 18.9 Å². The highest BCUT2D eigenvalue weighted by Gasteiger charge is 2.31. The number of H-pyrrole nitrogens is 1. The number of nitrogen functional groups attached to an aromatic ring is 1. The van der Waals surface area contributed by atoms with Gasteiger partial charge in [0.25, 0.3) is 0 Å². The van der Waals surface area contributed by atoms with Gasteiger partial charge in [0.05, 0.1) is 16.8 Å². The van der Waals surface area contributed by atoms with E-state index in [9.17, 15) is 13.2 Å². The number of aryl methyl sites for hydroxylation is 1. The van der Waals surface area contributed by atoms with Gasteiger partial charge in [-0.05, 0) is 25.1 Å². The molecule has 0 unspecified atom stereocenters.